The Morgan fingerprint density at radius 3 is 1.96 bits per heavy atom. The van der Waals surface area contributed by atoms with Crippen molar-refractivity contribution in [1.82, 2.24) is 4.98 Å². The van der Waals surface area contributed by atoms with Gasteiger partial charge in [0.05, 0.1) is 0 Å². The molecule has 1 aromatic heterocycles. The zero-order valence-corrected chi connectivity index (χ0v) is 15.1. The number of nitrogens with zero attached hydrogens (tertiary/aromatic N) is 2. The number of amides is 2. The summed E-state index contributed by atoms with van der Waals surface area (Å²) in [5.41, 5.74) is -0.808. The van der Waals surface area contributed by atoms with Gasteiger partial charge in [-0.3, -0.25) is 0 Å². The average Bonchev–Trinajstić information content (AvgIpc) is 2.34. The van der Waals surface area contributed by atoms with Gasteiger partial charge in [0.25, 0.3) is 0 Å². The minimum Gasteiger partial charge on any atom is -0.443 e. The number of pyridine rings is 1. The van der Waals surface area contributed by atoms with Crippen LogP contribution < -0.4 is 4.90 Å². The third kappa shape index (κ3) is 6.44. The first-order valence-corrected chi connectivity index (χ1v) is 7.73. The smallest absolute Gasteiger partial charge is 0.425 e. The van der Waals surface area contributed by atoms with Crippen LogP contribution in [0, 0.1) is 0 Å². The lowest BCUT2D eigenvalue weighted by molar-refractivity contribution is 0.0429. The van der Waals surface area contributed by atoms with Crippen molar-refractivity contribution in [3.63, 3.8) is 0 Å². The Kier molecular flexibility index (Phi) is 5.99. The number of hydrogen-bond acceptors (Lipinski definition) is 5. The van der Waals surface area contributed by atoms with E-state index in [1.54, 1.807) is 53.7 Å². The fourth-order valence-corrected chi connectivity index (χ4v) is 1.71. The summed E-state index contributed by atoms with van der Waals surface area (Å²) >= 11 is 5.80. The molecule has 0 saturated carbocycles. The summed E-state index contributed by atoms with van der Waals surface area (Å²) in [6.07, 6.45) is -0.244. The highest BCUT2D eigenvalue weighted by atomic mass is 35.5. The van der Waals surface area contributed by atoms with Crippen molar-refractivity contribution < 1.29 is 19.1 Å². The van der Waals surface area contributed by atoms with Crippen LogP contribution in [0.1, 0.15) is 47.1 Å². The first-order chi connectivity index (χ1) is 10.4. The second kappa shape index (κ2) is 7.17. The largest absolute Gasteiger partial charge is 0.443 e. The maximum absolute atomic E-state index is 12.4. The van der Waals surface area contributed by atoms with Gasteiger partial charge in [-0.25, -0.2) is 14.6 Å². The van der Waals surface area contributed by atoms with E-state index in [4.69, 9.17) is 21.1 Å². The molecule has 0 atom stereocenters. The van der Waals surface area contributed by atoms with Gasteiger partial charge in [0.15, 0.2) is 0 Å². The van der Waals surface area contributed by atoms with Crippen molar-refractivity contribution in [3.8, 4) is 0 Å². The Bertz CT molecular complexity index is 548. The number of carbonyl (C=O) groups excluding carboxylic acids is 2. The maximum Gasteiger partial charge on any atom is 0.425 e. The Morgan fingerprint density at radius 1 is 1.09 bits per heavy atom. The fourth-order valence-electron chi connectivity index (χ4n) is 1.54. The summed E-state index contributed by atoms with van der Waals surface area (Å²) in [6, 6.07) is 3.24. The van der Waals surface area contributed by atoms with E-state index in [2.05, 4.69) is 4.98 Å². The molecule has 0 N–H and O–H groups in total. The number of aromatic nitrogens is 1. The van der Waals surface area contributed by atoms with E-state index in [1.807, 2.05) is 0 Å². The molecule has 1 aromatic rings. The van der Waals surface area contributed by atoms with Crippen LogP contribution in [-0.2, 0) is 15.4 Å². The minimum absolute atomic E-state index is 0.103. The third-order valence-corrected chi connectivity index (χ3v) is 2.65. The number of carbonyl (C=O) groups is 2. The summed E-state index contributed by atoms with van der Waals surface area (Å²) in [4.78, 5) is 29.7. The van der Waals surface area contributed by atoms with E-state index in [9.17, 15) is 9.59 Å². The highest BCUT2D eigenvalue weighted by Crippen LogP contribution is 2.21. The van der Waals surface area contributed by atoms with E-state index in [0.717, 1.165) is 4.90 Å². The topological polar surface area (TPSA) is 68.7 Å². The number of hydrogen-bond donors (Lipinski definition) is 0. The van der Waals surface area contributed by atoms with Gasteiger partial charge >= 0.3 is 12.2 Å². The molecular formula is C16H23ClN2O4. The Labute approximate surface area is 141 Å². The number of rotatable bonds is 2. The molecule has 7 heteroatoms. The van der Waals surface area contributed by atoms with Gasteiger partial charge < -0.3 is 9.47 Å². The number of alkyl halides is 1. The molecule has 1 rings (SSSR count). The molecular weight excluding hydrogens is 320 g/mol. The predicted molar refractivity (Wildman–Crippen MR) is 88.7 cm³/mol. The van der Waals surface area contributed by atoms with Crippen molar-refractivity contribution in [2.75, 3.05) is 4.90 Å². The highest BCUT2D eigenvalue weighted by Gasteiger charge is 2.33. The van der Waals surface area contributed by atoms with Crippen molar-refractivity contribution in [3.05, 3.63) is 23.9 Å². The summed E-state index contributed by atoms with van der Waals surface area (Å²) in [5, 5.41) is 0. The van der Waals surface area contributed by atoms with Gasteiger partial charge in [-0.1, -0.05) is 0 Å². The monoisotopic (exact) mass is 342 g/mol. The molecule has 0 radical (unpaired) electrons. The molecule has 6 nitrogen and oxygen atoms in total. The van der Waals surface area contributed by atoms with Crippen LogP contribution in [0.25, 0.3) is 0 Å². The Morgan fingerprint density at radius 2 is 1.57 bits per heavy atom. The van der Waals surface area contributed by atoms with Gasteiger partial charge in [-0.05, 0) is 59.2 Å². The summed E-state index contributed by atoms with van der Waals surface area (Å²) in [5.74, 6) is 0.332. The molecule has 0 spiro atoms. The van der Waals surface area contributed by atoms with Crippen LogP contribution in [0.3, 0.4) is 0 Å². The van der Waals surface area contributed by atoms with E-state index in [-0.39, 0.29) is 11.7 Å². The van der Waals surface area contributed by atoms with Crippen LogP contribution in [0.4, 0.5) is 15.4 Å². The summed E-state index contributed by atoms with van der Waals surface area (Å²) in [7, 11) is 0. The highest BCUT2D eigenvalue weighted by molar-refractivity contribution is 6.17. The lowest BCUT2D eigenvalue weighted by Gasteiger charge is -2.28. The van der Waals surface area contributed by atoms with Gasteiger partial charge in [0, 0.05) is 12.1 Å². The van der Waals surface area contributed by atoms with Gasteiger partial charge in [0.2, 0.25) is 0 Å². The molecule has 2 amide bonds. The number of anilines is 1. The Hall–Kier alpha value is -1.82. The molecule has 0 aliphatic heterocycles. The zero-order valence-electron chi connectivity index (χ0n) is 14.3. The van der Waals surface area contributed by atoms with Crippen LogP contribution in [0.2, 0.25) is 0 Å². The van der Waals surface area contributed by atoms with E-state index in [1.165, 1.54) is 6.20 Å². The van der Waals surface area contributed by atoms with E-state index >= 15 is 0 Å². The van der Waals surface area contributed by atoms with Gasteiger partial charge in [-0.2, -0.15) is 4.90 Å². The summed E-state index contributed by atoms with van der Waals surface area (Å²) < 4.78 is 10.6. The quantitative estimate of drug-likeness (QED) is 0.740. The number of ether oxygens (including phenoxy) is 2. The van der Waals surface area contributed by atoms with Crippen molar-refractivity contribution in [2.45, 2.75) is 58.6 Å². The molecule has 0 bridgehead atoms. The first-order valence-electron chi connectivity index (χ1n) is 7.20. The van der Waals surface area contributed by atoms with Crippen molar-refractivity contribution in [2.24, 2.45) is 0 Å². The molecule has 0 fully saturated rings. The van der Waals surface area contributed by atoms with Gasteiger partial charge in [0.1, 0.15) is 17.0 Å². The van der Waals surface area contributed by atoms with E-state index in [0.29, 0.717) is 5.56 Å². The van der Waals surface area contributed by atoms with Crippen LogP contribution in [-0.4, -0.2) is 28.4 Å². The molecule has 0 aliphatic rings. The van der Waals surface area contributed by atoms with Crippen LogP contribution in [0.15, 0.2) is 18.3 Å². The zero-order chi connectivity index (χ0) is 17.8. The molecule has 128 valence electrons. The van der Waals surface area contributed by atoms with Crippen molar-refractivity contribution in [1.29, 1.82) is 0 Å². The first kappa shape index (κ1) is 19.2. The Balaban J connectivity index is 3.19. The fraction of sp³-hybridized carbons (Fsp3) is 0.562. The van der Waals surface area contributed by atoms with Crippen molar-refractivity contribution >= 4 is 29.6 Å². The predicted octanol–water partition coefficient (Wildman–Crippen LogP) is 4.50. The molecule has 0 unspecified atom stereocenters. The third-order valence-electron chi connectivity index (χ3n) is 2.35. The van der Waals surface area contributed by atoms with E-state index < -0.39 is 23.4 Å². The molecule has 23 heavy (non-hydrogen) atoms. The standard InChI is InChI=1S/C16H23ClN2O4/c1-15(2,3)22-13(20)19(14(21)23-16(4,5)6)12-9-11(10-17)7-8-18-12/h7-9H,10H2,1-6H3. The second-order valence-electron chi connectivity index (χ2n) is 6.95. The lowest BCUT2D eigenvalue weighted by Crippen LogP contribution is -2.44. The molecule has 0 saturated heterocycles. The van der Waals surface area contributed by atoms with Crippen LogP contribution in [0.5, 0.6) is 0 Å². The lowest BCUT2D eigenvalue weighted by atomic mass is 10.2. The number of imide groups is 1. The van der Waals surface area contributed by atoms with Crippen LogP contribution >= 0.6 is 11.6 Å². The molecule has 0 aromatic carbocycles. The maximum atomic E-state index is 12.4. The molecule has 0 aliphatic carbocycles. The molecule has 1 heterocycles. The SMILES string of the molecule is CC(C)(C)OC(=O)N(C(=O)OC(C)(C)C)c1cc(CCl)ccn1. The minimum atomic E-state index is -0.856. The normalized spacial score (nSPS) is 11.8. The summed E-state index contributed by atoms with van der Waals surface area (Å²) in [6.45, 7) is 10.3. The van der Waals surface area contributed by atoms with Gasteiger partial charge in [-0.15, -0.1) is 11.6 Å². The number of halogens is 1. The second-order valence-corrected chi connectivity index (χ2v) is 7.22. The average molecular weight is 343 g/mol.